The number of nitro benzene ring substituents is 1. The number of hydrogen-bond acceptors (Lipinski definition) is 5. The van der Waals surface area contributed by atoms with Gasteiger partial charge in [-0.25, -0.2) is 0 Å². The van der Waals surface area contributed by atoms with Crippen molar-refractivity contribution in [1.82, 2.24) is 4.90 Å². The zero-order valence-electron chi connectivity index (χ0n) is 11.5. The first kappa shape index (κ1) is 16.6. The predicted octanol–water partition coefficient (Wildman–Crippen LogP) is 2.74. The summed E-state index contributed by atoms with van der Waals surface area (Å²) < 4.78 is 5.24. The maximum Gasteiger partial charge on any atom is 0.305 e. The van der Waals surface area contributed by atoms with E-state index in [1.807, 2.05) is 11.9 Å². The summed E-state index contributed by atoms with van der Waals surface area (Å²) in [5.74, 6) is -0.243. The molecule has 110 valence electrons. The molecule has 7 heteroatoms. The summed E-state index contributed by atoms with van der Waals surface area (Å²) in [6.45, 7) is 1.13. The highest BCUT2D eigenvalue weighted by Gasteiger charge is 2.15. The van der Waals surface area contributed by atoms with Gasteiger partial charge in [-0.05, 0) is 32.1 Å². The van der Waals surface area contributed by atoms with Crippen molar-refractivity contribution < 1.29 is 14.5 Å². The number of carbonyl (C=O) groups excluding carboxylic acids is 1. The van der Waals surface area contributed by atoms with Crippen LogP contribution in [0.15, 0.2) is 22.7 Å². The van der Waals surface area contributed by atoms with E-state index in [1.54, 1.807) is 12.1 Å². The summed E-state index contributed by atoms with van der Waals surface area (Å²) in [5.41, 5.74) is 0.748. The van der Waals surface area contributed by atoms with Gasteiger partial charge in [-0.2, -0.15) is 0 Å². The molecule has 1 aromatic carbocycles. The van der Waals surface area contributed by atoms with Crippen molar-refractivity contribution in [3.8, 4) is 0 Å². The largest absolute Gasteiger partial charge is 0.469 e. The summed E-state index contributed by atoms with van der Waals surface area (Å²) in [5, 5.41) is 11.0. The van der Waals surface area contributed by atoms with Gasteiger partial charge in [0.25, 0.3) is 5.69 Å². The van der Waals surface area contributed by atoms with Gasteiger partial charge in [-0.15, -0.1) is 0 Å². The van der Waals surface area contributed by atoms with Crippen molar-refractivity contribution in [2.24, 2.45) is 0 Å². The van der Waals surface area contributed by atoms with E-state index in [4.69, 9.17) is 0 Å². The first-order chi connectivity index (χ1) is 9.43. The van der Waals surface area contributed by atoms with Gasteiger partial charge < -0.3 is 9.64 Å². The fraction of sp³-hybridized carbons (Fsp3) is 0.462. The molecule has 1 aromatic rings. The van der Waals surface area contributed by atoms with Crippen LogP contribution >= 0.6 is 15.9 Å². The lowest BCUT2D eigenvalue weighted by atomic mass is 10.1. The summed E-state index contributed by atoms with van der Waals surface area (Å²) >= 11 is 3.23. The van der Waals surface area contributed by atoms with E-state index in [-0.39, 0.29) is 16.6 Å². The molecule has 0 bridgehead atoms. The number of nitro groups is 1. The molecule has 0 aliphatic heterocycles. The molecule has 0 fully saturated rings. The van der Waals surface area contributed by atoms with Crippen LogP contribution in [0.1, 0.15) is 18.4 Å². The molecule has 0 aliphatic carbocycles. The van der Waals surface area contributed by atoms with Crippen LogP contribution in [0, 0.1) is 10.1 Å². The quantitative estimate of drug-likeness (QED) is 0.432. The Morgan fingerprint density at radius 3 is 2.80 bits per heavy atom. The Balaban J connectivity index is 2.59. The molecule has 20 heavy (non-hydrogen) atoms. The molecule has 0 heterocycles. The van der Waals surface area contributed by atoms with Gasteiger partial charge in [-0.1, -0.05) is 15.9 Å². The van der Waals surface area contributed by atoms with E-state index in [0.29, 0.717) is 36.0 Å². The van der Waals surface area contributed by atoms with Crippen molar-refractivity contribution in [1.29, 1.82) is 0 Å². The number of esters is 1. The number of benzene rings is 1. The molecule has 0 saturated heterocycles. The summed E-state index contributed by atoms with van der Waals surface area (Å²) in [6, 6.07) is 5.02. The summed E-state index contributed by atoms with van der Waals surface area (Å²) in [4.78, 5) is 23.6. The number of nitrogens with zero attached hydrogens (tertiary/aromatic N) is 2. The molecule has 0 unspecified atom stereocenters. The Labute approximate surface area is 126 Å². The molecular weight excluding hydrogens is 328 g/mol. The van der Waals surface area contributed by atoms with Crippen LogP contribution in [0.3, 0.4) is 0 Å². The molecule has 0 radical (unpaired) electrons. The maximum absolute atomic E-state index is 11.0. The second kappa shape index (κ2) is 7.96. The minimum atomic E-state index is -0.387. The lowest BCUT2D eigenvalue weighted by molar-refractivity contribution is -0.385. The lowest BCUT2D eigenvalue weighted by Crippen LogP contribution is -2.20. The number of carbonyl (C=O) groups is 1. The zero-order chi connectivity index (χ0) is 15.1. The number of halogens is 1. The molecule has 1 rings (SSSR count). The van der Waals surface area contributed by atoms with Crippen molar-refractivity contribution >= 4 is 27.6 Å². The Morgan fingerprint density at radius 2 is 2.20 bits per heavy atom. The third-order valence-electron chi connectivity index (χ3n) is 2.83. The standard InChI is InChI=1S/C13H17BrN2O4/c1-15(7-3-4-13(17)20-2)9-10-5-6-11(14)8-12(10)16(18)19/h5-6,8H,3-4,7,9H2,1-2H3. The number of methoxy groups -OCH3 is 1. The fourth-order valence-electron chi connectivity index (χ4n) is 1.81. The third kappa shape index (κ3) is 5.26. The minimum absolute atomic E-state index is 0.0965. The first-order valence-corrected chi connectivity index (χ1v) is 6.91. The molecule has 0 atom stereocenters. The Hall–Kier alpha value is -1.47. The van der Waals surface area contributed by atoms with Crippen LogP contribution in [0.5, 0.6) is 0 Å². The van der Waals surface area contributed by atoms with Crippen LogP contribution in [0.2, 0.25) is 0 Å². The Morgan fingerprint density at radius 1 is 1.50 bits per heavy atom. The van der Waals surface area contributed by atoms with Crippen molar-refractivity contribution in [3.63, 3.8) is 0 Å². The highest BCUT2D eigenvalue weighted by molar-refractivity contribution is 9.10. The van der Waals surface area contributed by atoms with Gasteiger partial charge in [0.15, 0.2) is 0 Å². The first-order valence-electron chi connectivity index (χ1n) is 6.12. The van der Waals surface area contributed by atoms with Gasteiger partial charge in [0, 0.05) is 29.1 Å². The normalized spacial score (nSPS) is 10.6. The molecule has 0 amide bonds. The van der Waals surface area contributed by atoms with Gasteiger partial charge in [-0.3, -0.25) is 14.9 Å². The van der Waals surface area contributed by atoms with Gasteiger partial charge in [0.1, 0.15) is 0 Å². The van der Waals surface area contributed by atoms with Crippen LogP contribution in [-0.4, -0.2) is 36.5 Å². The Kier molecular flexibility index (Phi) is 6.60. The van der Waals surface area contributed by atoms with Gasteiger partial charge in [0.2, 0.25) is 0 Å². The van der Waals surface area contributed by atoms with E-state index in [0.717, 1.165) is 0 Å². The van der Waals surface area contributed by atoms with E-state index >= 15 is 0 Å². The van der Waals surface area contributed by atoms with Crippen LogP contribution in [-0.2, 0) is 16.1 Å². The molecule has 0 aliphatic rings. The van der Waals surface area contributed by atoms with Crippen LogP contribution in [0.25, 0.3) is 0 Å². The predicted molar refractivity (Wildman–Crippen MR) is 78.4 cm³/mol. The van der Waals surface area contributed by atoms with Gasteiger partial charge >= 0.3 is 5.97 Å². The van der Waals surface area contributed by atoms with E-state index in [2.05, 4.69) is 20.7 Å². The number of rotatable bonds is 7. The van der Waals surface area contributed by atoms with Crippen molar-refractivity contribution in [3.05, 3.63) is 38.3 Å². The molecule has 0 aromatic heterocycles. The average molecular weight is 345 g/mol. The second-order valence-electron chi connectivity index (χ2n) is 4.45. The molecule has 0 saturated carbocycles. The summed E-state index contributed by atoms with van der Waals surface area (Å²) in [6.07, 6.45) is 1.01. The highest BCUT2D eigenvalue weighted by Crippen LogP contribution is 2.24. The Bertz CT molecular complexity index is 493. The lowest BCUT2D eigenvalue weighted by Gasteiger charge is -2.16. The van der Waals surface area contributed by atoms with E-state index < -0.39 is 0 Å². The molecule has 6 nitrogen and oxygen atoms in total. The molecular formula is C13H17BrN2O4. The van der Waals surface area contributed by atoms with Crippen LogP contribution in [0.4, 0.5) is 5.69 Å². The number of ether oxygens (including phenoxy) is 1. The maximum atomic E-state index is 11.0. The monoisotopic (exact) mass is 344 g/mol. The highest BCUT2D eigenvalue weighted by atomic mass is 79.9. The number of hydrogen-bond donors (Lipinski definition) is 0. The third-order valence-corrected chi connectivity index (χ3v) is 3.33. The second-order valence-corrected chi connectivity index (χ2v) is 5.36. The minimum Gasteiger partial charge on any atom is -0.469 e. The smallest absolute Gasteiger partial charge is 0.305 e. The fourth-order valence-corrected chi connectivity index (χ4v) is 2.15. The van der Waals surface area contributed by atoms with Crippen molar-refractivity contribution in [2.45, 2.75) is 19.4 Å². The molecule has 0 N–H and O–H groups in total. The van der Waals surface area contributed by atoms with Crippen LogP contribution < -0.4 is 0 Å². The van der Waals surface area contributed by atoms with Crippen molar-refractivity contribution in [2.75, 3.05) is 20.7 Å². The van der Waals surface area contributed by atoms with E-state index in [9.17, 15) is 14.9 Å². The van der Waals surface area contributed by atoms with Gasteiger partial charge in [0.05, 0.1) is 12.0 Å². The van der Waals surface area contributed by atoms with E-state index in [1.165, 1.54) is 13.2 Å². The zero-order valence-corrected chi connectivity index (χ0v) is 13.1. The summed E-state index contributed by atoms with van der Waals surface area (Å²) in [7, 11) is 3.22. The molecule has 0 spiro atoms. The SMILES string of the molecule is COC(=O)CCCN(C)Cc1ccc(Br)cc1[N+](=O)[O-]. The topological polar surface area (TPSA) is 72.7 Å². The average Bonchev–Trinajstić information content (AvgIpc) is 2.40.